The number of benzene rings is 1. The number of fused-ring (bicyclic) bond motifs is 5. The van der Waals surface area contributed by atoms with Gasteiger partial charge in [-0.25, -0.2) is 4.98 Å². The topological polar surface area (TPSA) is 54.5 Å². The number of hydrogen-bond donors (Lipinski definition) is 1. The maximum atomic E-state index is 5.04. The van der Waals surface area contributed by atoms with E-state index in [4.69, 9.17) is 4.98 Å². The molecule has 0 fully saturated rings. The molecule has 0 aliphatic heterocycles. The van der Waals surface area contributed by atoms with Gasteiger partial charge >= 0.3 is 0 Å². The monoisotopic (exact) mass is 336 g/mol. The van der Waals surface area contributed by atoms with Crippen LogP contribution in [0.4, 0.5) is 0 Å². The third-order valence-corrected chi connectivity index (χ3v) is 5.65. The molecule has 3 aromatic heterocycles. The Hall–Kier alpha value is -2.27. The Morgan fingerprint density at radius 3 is 2.71 bits per heavy atom. The standard InChI is InChI=1S/C18H16N4S.CH4/c1-10-13(8-19-22-10)18-12-5-3-2-4-11(12)17-14-9-20-23-16(14)7-6-15(17)21-18;/h6-9H,2-5H2,1H3,(H,19,22);1H4. The van der Waals surface area contributed by atoms with E-state index in [1.54, 1.807) is 11.5 Å². The highest BCUT2D eigenvalue weighted by atomic mass is 32.1. The van der Waals surface area contributed by atoms with Crippen molar-refractivity contribution in [2.24, 2.45) is 0 Å². The molecule has 4 nitrogen and oxygen atoms in total. The molecule has 5 rings (SSSR count). The predicted octanol–water partition coefficient (Wildman–Crippen LogP) is 5.06. The highest BCUT2D eigenvalue weighted by Crippen LogP contribution is 2.39. The Balaban J connectivity index is 0.00000146. The van der Waals surface area contributed by atoms with Gasteiger partial charge in [0.25, 0.3) is 0 Å². The van der Waals surface area contributed by atoms with E-state index < -0.39 is 0 Å². The molecule has 0 unspecified atom stereocenters. The number of aryl methyl sites for hydroxylation is 2. The van der Waals surface area contributed by atoms with Gasteiger partial charge in [0, 0.05) is 28.2 Å². The summed E-state index contributed by atoms with van der Waals surface area (Å²) in [6.07, 6.45) is 8.63. The second-order valence-electron chi connectivity index (χ2n) is 6.23. The van der Waals surface area contributed by atoms with E-state index in [1.807, 2.05) is 12.4 Å². The Labute approximate surface area is 145 Å². The molecule has 1 aromatic carbocycles. The lowest BCUT2D eigenvalue weighted by Crippen LogP contribution is -2.08. The van der Waals surface area contributed by atoms with Crippen molar-refractivity contribution < 1.29 is 0 Å². The van der Waals surface area contributed by atoms with Crippen LogP contribution in [-0.4, -0.2) is 19.6 Å². The van der Waals surface area contributed by atoms with Crippen LogP contribution in [0.1, 0.15) is 37.1 Å². The number of aromatic nitrogens is 4. The van der Waals surface area contributed by atoms with Gasteiger partial charge in [-0.05, 0) is 67.4 Å². The van der Waals surface area contributed by atoms with Crippen molar-refractivity contribution in [2.75, 3.05) is 0 Å². The van der Waals surface area contributed by atoms with Crippen LogP contribution in [0.25, 0.3) is 32.2 Å². The number of H-pyrrole nitrogens is 1. The minimum Gasteiger partial charge on any atom is -0.282 e. The molecule has 1 aliphatic carbocycles. The van der Waals surface area contributed by atoms with Crippen molar-refractivity contribution in [3.63, 3.8) is 0 Å². The van der Waals surface area contributed by atoms with Crippen LogP contribution in [-0.2, 0) is 12.8 Å². The van der Waals surface area contributed by atoms with Crippen molar-refractivity contribution in [1.82, 2.24) is 19.6 Å². The maximum Gasteiger partial charge on any atom is 0.0778 e. The third-order valence-electron chi connectivity index (χ3n) is 4.89. The number of pyridine rings is 1. The van der Waals surface area contributed by atoms with E-state index in [1.165, 1.54) is 39.4 Å². The Morgan fingerprint density at radius 2 is 1.92 bits per heavy atom. The lowest BCUT2D eigenvalue weighted by Gasteiger charge is -2.21. The fourth-order valence-electron chi connectivity index (χ4n) is 3.79. The van der Waals surface area contributed by atoms with Gasteiger partial charge in [0.15, 0.2) is 0 Å². The lowest BCUT2D eigenvalue weighted by molar-refractivity contribution is 0.689. The molecule has 0 saturated carbocycles. The summed E-state index contributed by atoms with van der Waals surface area (Å²) in [4.78, 5) is 5.04. The first-order valence-electron chi connectivity index (χ1n) is 8.02. The molecule has 3 heterocycles. The second-order valence-corrected chi connectivity index (χ2v) is 7.06. The van der Waals surface area contributed by atoms with Crippen molar-refractivity contribution in [1.29, 1.82) is 0 Å². The fourth-order valence-corrected chi connectivity index (χ4v) is 4.44. The number of aromatic amines is 1. The maximum absolute atomic E-state index is 5.04. The fraction of sp³-hybridized carbons (Fsp3) is 0.316. The van der Waals surface area contributed by atoms with Gasteiger partial charge in [-0.15, -0.1) is 0 Å². The molecule has 0 spiro atoms. The van der Waals surface area contributed by atoms with E-state index in [-0.39, 0.29) is 7.43 Å². The molecule has 0 atom stereocenters. The van der Waals surface area contributed by atoms with Crippen molar-refractivity contribution >= 4 is 32.5 Å². The molecular weight excluding hydrogens is 316 g/mol. The highest BCUT2D eigenvalue weighted by Gasteiger charge is 2.22. The summed E-state index contributed by atoms with van der Waals surface area (Å²) in [5.41, 5.74) is 7.29. The van der Waals surface area contributed by atoms with Crippen LogP contribution in [0.3, 0.4) is 0 Å². The summed E-state index contributed by atoms with van der Waals surface area (Å²) in [7, 11) is 0. The quantitative estimate of drug-likeness (QED) is 0.529. The smallest absolute Gasteiger partial charge is 0.0778 e. The van der Waals surface area contributed by atoms with Crippen LogP contribution in [0.2, 0.25) is 0 Å². The van der Waals surface area contributed by atoms with Gasteiger partial charge in [-0.2, -0.15) is 9.47 Å². The molecule has 0 radical (unpaired) electrons. The van der Waals surface area contributed by atoms with Crippen molar-refractivity contribution in [2.45, 2.75) is 40.0 Å². The Morgan fingerprint density at radius 1 is 1.08 bits per heavy atom. The average Bonchev–Trinajstić information content (AvgIpc) is 3.22. The van der Waals surface area contributed by atoms with Crippen LogP contribution in [0.5, 0.6) is 0 Å². The second kappa shape index (κ2) is 5.67. The zero-order chi connectivity index (χ0) is 15.4. The minimum absolute atomic E-state index is 0. The van der Waals surface area contributed by atoms with E-state index >= 15 is 0 Å². The first kappa shape index (κ1) is 15.3. The predicted molar refractivity (Wildman–Crippen MR) is 101 cm³/mol. The van der Waals surface area contributed by atoms with Crippen LogP contribution in [0.15, 0.2) is 24.5 Å². The Kier molecular flexibility index (Phi) is 3.61. The lowest BCUT2D eigenvalue weighted by atomic mass is 9.85. The Bertz CT molecular complexity index is 1040. The van der Waals surface area contributed by atoms with E-state index in [0.29, 0.717) is 0 Å². The summed E-state index contributed by atoms with van der Waals surface area (Å²) < 4.78 is 5.64. The van der Waals surface area contributed by atoms with Crippen LogP contribution >= 0.6 is 11.5 Å². The molecule has 1 aliphatic rings. The average molecular weight is 336 g/mol. The van der Waals surface area contributed by atoms with Gasteiger partial charge in [0.1, 0.15) is 0 Å². The molecular formula is C19H20N4S. The number of nitrogens with one attached hydrogen (secondary N) is 1. The van der Waals surface area contributed by atoms with Gasteiger partial charge in [0.2, 0.25) is 0 Å². The highest BCUT2D eigenvalue weighted by molar-refractivity contribution is 7.13. The molecule has 4 aromatic rings. The van der Waals surface area contributed by atoms with E-state index in [9.17, 15) is 0 Å². The molecule has 0 saturated heterocycles. The number of nitrogens with zero attached hydrogens (tertiary/aromatic N) is 3. The molecule has 5 heteroatoms. The largest absolute Gasteiger partial charge is 0.282 e. The number of hydrogen-bond acceptors (Lipinski definition) is 4. The third kappa shape index (κ3) is 2.08. The summed E-state index contributed by atoms with van der Waals surface area (Å²) in [5, 5.41) is 9.82. The molecule has 122 valence electrons. The van der Waals surface area contributed by atoms with Crippen molar-refractivity contribution in [3.8, 4) is 11.3 Å². The van der Waals surface area contributed by atoms with E-state index in [2.05, 4.69) is 33.6 Å². The van der Waals surface area contributed by atoms with E-state index in [0.717, 1.165) is 35.3 Å². The number of rotatable bonds is 1. The SMILES string of the molecule is C.Cc1[nH]ncc1-c1nc2ccc3sncc3c2c2c1CCCC2. The molecule has 0 amide bonds. The van der Waals surface area contributed by atoms with Crippen molar-refractivity contribution in [3.05, 3.63) is 41.3 Å². The van der Waals surface area contributed by atoms with Gasteiger partial charge in [-0.1, -0.05) is 7.43 Å². The van der Waals surface area contributed by atoms with Gasteiger partial charge < -0.3 is 0 Å². The summed E-state index contributed by atoms with van der Waals surface area (Å²) in [6.45, 7) is 2.06. The minimum atomic E-state index is 0. The summed E-state index contributed by atoms with van der Waals surface area (Å²) in [5.74, 6) is 0. The summed E-state index contributed by atoms with van der Waals surface area (Å²) in [6, 6.07) is 4.28. The molecule has 0 bridgehead atoms. The van der Waals surface area contributed by atoms with Crippen LogP contribution in [0, 0.1) is 6.92 Å². The zero-order valence-electron chi connectivity index (χ0n) is 12.9. The summed E-state index contributed by atoms with van der Waals surface area (Å²) >= 11 is 1.56. The first-order chi connectivity index (χ1) is 11.3. The van der Waals surface area contributed by atoms with Crippen LogP contribution < -0.4 is 0 Å². The normalized spacial score (nSPS) is 13.9. The zero-order valence-corrected chi connectivity index (χ0v) is 13.7. The first-order valence-corrected chi connectivity index (χ1v) is 8.79. The molecule has 24 heavy (non-hydrogen) atoms. The van der Waals surface area contributed by atoms with Gasteiger partial charge in [0.05, 0.1) is 22.1 Å². The molecule has 1 N–H and O–H groups in total. The van der Waals surface area contributed by atoms with Gasteiger partial charge in [-0.3, -0.25) is 5.10 Å².